The van der Waals surface area contributed by atoms with Gasteiger partial charge in [0.25, 0.3) is 5.91 Å². The maximum absolute atomic E-state index is 13.2. The van der Waals surface area contributed by atoms with Crippen LogP contribution < -0.4 is 5.69 Å². The molecule has 0 atom stereocenters. The summed E-state index contributed by atoms with van der Waals surface area (Å²) in [6.45, 7) is 5.34. The maximum atomic E-state index is 13.2. The van der Waals surface area contributed by atoms with Gasteiger partial charge in [0.05, 0.1) is 11.0 Å². The smallest absolute Gasteiger partial charge is 0.326 e. The molecule has 1 fully saturated rings. The van der Waals surface area contributed by atoms with Crippen molar-refractivity contribution in [2.45, 2.75) is 32.7 Å². The van der Waals surface area contributed by atoms with Crippen LogP contribution in [-0.2, 0) is 0 Å². The minimum Gasteiger partial charge on any atom is -0.350 e. The second-order valence-electron chi connectivity index (χ2n) is 7.96. The molecule has 2 N–H and O–H groups in total. The van der Waals surface area contributed by atoms with Gasteiger partial charge in [-0.15, -0.1) is 0 Å². The van der Waals surface area contributed by atoms with Crippen LogP contribution in [0.1, 0.15) is 40.5 Å². The highest BCUT2D eigenvalue weighted by atomic mass is 16.2. The zero-order chi connectivity index (χ0) is 20.1. The molecule has 0 unspecified atom stereocenters. The number of hydrogen-bond acceptors (Lipinski definition) is 2. The van der Waals surface area contributed by atoms with Crippen LogP contribution in [0.4, 0.5) is 0 Å². The topological polar surface area (TPSA) is 73.9 Å². The summed E-state index contributed by atoms with van der Waals surface area (Å²) in [7, 11) is 0. The highest BCUT2D eigenvalue weighted by Crippen LogP contribution is 2.28. The molecule has 4 aromatic rings. The normalized spacial score (nSPS) is 15.4. The van der Waals surface area contributed by atoms with E-state index in [4.69, 9.17) is 0 Å². The van der Waals surface area contributed by atoms with Crippen LogP contribution in [0.2, 0.25) is 0 Å². The molecule has 1 aliphatic heterocycles. The molecule has 5 rings (SSSR count). The molecule has 0 bridgehead atoms. The Labute approximate surface area is 168 Å². The predicted octanol–water partition coefficient (Wildman–Crippen LogP) is 3.91. The van der Waals surface area contributed by atoms with E-state index < -0.39 is 0 Å². The van der Waals surface area contributed by atoms with Crippen LogP contribution in [-0.4, -0.2) is 38.4 Å². The number of rotatable bonds is 2. The Morgan fingerprint density at radius 1 is 1.00 bits per heavy atom. The molecule has 6 nitrogen and oxygen atoms in total. The predicted molar refractivity (Wildman–Crippen MR) is 115 cm³/mol. The van der Waals surface area contributed by atoms with E-state index in [9.17, 15) is 9.59 Å². The Balaban J connectivity index is 1.39. The average molecular weight is 388 g/mol. The van der Waals surface area contributed by atoms with Gasteiger partial charge >= 0.3 is 5.69 Å². The number of nitrogens with one attached hydrogen (secondary N) is 2. The van der Waals surface area contributed by atoms with E-state index in [1.54, 1.807) is 0 Å². The molecule has 1 amide bonds. The first-order valence-corrected chi connectivity index (χ1v) is 10.1. The van der Waals surface area contributed by atoms with Crippen molar-refractivity contribution in [3.8, 4) is 0 Å². The Hall–Kier alpha value is -3.28. The van der Waals surface area contributed by atoms with Crippen molar-refractivity contribution in [1.29, 1.82) is 0 Å². The van der Waals surface area contributed by atoms with Gasteiger partial charge in [0, 0.05) is 30.0 Å². The number of aromatic nitrogens is 3. The summed E-state index contributed by atoms with van der Waals surface area (Å²) >= 11 is 0. The lowest BCUT2D eigenvalue weighted by molar-refractivity contribution is 0.0689. The highest BCUT2D eigenvalue weighted by Gasteiger charge is 2.28. The van der Waals surface area contributed by atoms with E-state index in [1.807, 2.05) is 46.7 Å². The van der Waals surface area contributed by atoms with Crippen molar-refractivity contribution in [1.82, 2.24) is 19.4 Å². The summed E-state index contributed by atoms with van der Waals surface area (Å²) in [6.07, 6.45) is 1.54. The van der Waals surface area contributed by atoms with Gasteiger partial charge in [0.1, 0.15) is 5.69 Å². The van der Waals surface area contributed by atoms with Crippen LogP contribution >= 0.6 is 0 Å². The fourth-order valence-corrected chi connectivity index (χ4v) is 4.64. The van der Waals surface area contributed by atoms with E-state index in [0.29, 0.717) is 18.8 Å². The number of aromatic amines is 2. The standard InChI is InChI=1S/C23H24N4O2/c1-14-6-5-7-17-15(2)21(25-20(14)17)22(28)26-12-10-16(11-13-26)27-19-9-4-3-8-18(19)24-23(27)29/h3-9,16,25H,10-13H2,1-2H3,(H,24,29). The largest absolute Gasteiger partial charge is 0.350 e. The fourth-order valence-electron chi connectivity index (χ4n) is 4.64. The van der Waals surface area contributed by atoms with Gasteiger partial charge in [-0.3, -0.25) is 9.36 Å². The van der Waals surface area contributed by atoms with E-state index in [-0.39, 0.29) is 17.6 Å². The Morgan fingerprint density at radius 2 is 1.76 bits per heavy atom. The number of nitrogens with zero attached hydrogens (tertiary/aromatic N) is 2. The zero-order valence-corrected chi connectivity index (χ0v) is 16.7. The highest BCUT2D eigenvalue weighted by molar-refractivity contribution is 6.01. The number of fused-ring (bicyclic) bond motifs is 2. The summed E-state index contributed by atoms with van der Waals surface area (Å²) in [5.41, 5.74) is 5.58. The molecule has 3 heterocycles. The minimum atomic E-state index is -0.0714. The van der Waals surface area contributed by atoms with Gasteiger partial charge in [-0.05, 0) is 49.9 Å². The van der Waals surface area contributed by atoms with E-state index >= 15 is 0 Å². The van der Waals surface area contributed by atoms with Crippen LogP contribution in [0.25, 0.3) is 21.9 Å². The minimum absolute atomic E-state index is 0.0443. The Morgan fingerprint density at radius 3 is 2.52 bits per heavy atom. The van der Waals surface area contributed by atoms with Gasteiger partial charge in [0.15, 0.2) is 0 Å². The summed E-state index contributed by atoms with van der Waals surface area (Å²) in [5.74, 6) is 0.0443. The number of carbonyl (C=O) groups excluding carboxylic acids is 1. The van der Waals surface area contributed by atoms with E-state index in [2.05, 4.69) is 29.0 Å². The van der Waals surface area contributed by atoms with Gasteiger partial charge in [0.2, 0.25) is 0 Å². The van der Waals surface area contributed by atoms with Crippen LogP contribution in [0, 0.1) is 13.8 Å². The number of amides is 1. The molecule has 1 aliphatic rings. The molecule has 1 saturated heterocycles. The summed E-state index contributed by atoms with van der Waals surface area (Å²) in [5, 5.41) is 1.11. The number of benzene rings is 2. The lowest BCUT2D eigenvalue weighted by Gasteiger charge is -2.32. The average Bonchev–Trinajstić information content (AvgIpc) is 3.25. The SMILES string of the molecule is Cc1c(C(=O)N2CCC(n3c(=O)[nH]c4ccccc43)CC2)[nH]c2c(C)cccc12. The van der Waals surface area contributed by atoms with Crippen molar-refractivity contribution >= 4 is 27.8 Å². The summed E-state index contributed by atoms with van der Waals surface area (Å²) in [6, 6.07) is 14.0. The van der Waals surface area contributed by atoms with Crippen LogP contribution in [0.3, 0.4) is 0 Å². The van der Waals surface area contributed by atoms with Crippen molar-refractivity contribution in [2.24, 2.45) is 0 Å². The second kappa shape index (κ2) is 6.65. The van der Waals surface area contributed by atoms with Gasteiger partial charge < -0.3 is 14.9 Å². The summed E-state index contributed by atoms with van der Waals surface area (Å²) in [4.78, 5) is 33.9. The number of carbonyl (C=O) groups is 1. The fraction of sp³-hybridized carbons (Fsp3) is 0.304. The van der Waals surface area contributed by atoms with Gasteiger partial charge in [-0.25, -0.2) is 4.79 Å². The van der Waals surface area contributed by atoms with E-state index in [0.717, 1.165) is 45.9 Å². The number of hydrogen-bond donors (Lipinski definition) is 2. The number of likely N-dealkylation sites (tertiary alicyclic amines) is 1. The Bertz CT molecular complexity index is 1290. The lowest BCUT2D eigenvalue weighted by atomic mass is 10.0. The molecule has 0 saturated carbocycles. The van der Waals surface area contributed by atoms with Crippen LogP contribution in [0.15, 0.2) is 47.3 Å². The molecule has 0 aliphatic carbocycles. The van der Waals surface area contributed by atoms with Crippen molar-refractivity contribution in [2.75, 3.05) is 13.1 Å². The second-order valence-corrected chi connectivity index (χ2v) is 7.96. The molecule has 6 heteroatoms. The molecular weight excluding hydrogens is 364 g/mol. The molecule has 2 aromatic heterocycles. The monoisotopic (exact) mass is 388 g/mol. The molecule has 148 valence electrons. The van der Waals surface area contributed by atoms with Crippen molar-refractivity contribution in [3.05, 3.63) is 69.8 Å². The first kappa shape index (κ1) is 17.8. The van der Waals surface area contributed by atoms with E-state index in [1.165, 1.54) is 0 Å². The molecule has 2 aromatic carbocycles. The third kappa shape index (κ3) is 2.78. The third-order valence-corrected chi connectivity index (χ3v) is 6.26. The number of imidazole rings is 1. The van der Waals surface area contributed by atoms with Crippen LogP contribution in [0.5, 0.6) is 0 Å². The summed E-state index contributed by atoms with van der Waals surface area (Å²) < 4.78 is 1.86. The number of para-hydroxylation sites is 3. The number of aryl methyl sites for hydroxylation is 2. The van der Waals surface area contributed by atoms with Crippen molar-refractivity contribution < 1.29 is 4.79 Å². The van der Waals surface area contributed by atoms with Gasteiger partial charge in [-0.1, -0.05) is 30.3 Å². The number of piperidine rings is 1. The molecule has 0 spiro atoms. The molecule has 29 heavy (non-hydrogen) atoms. The maximum Gasteiger partial charge on any atom is 0.326 e. The first-order valence-electron chi connectivity index (χ1n) is 10.1. The molecular formula is C23H24N4O2. The Kier molecular flexibility index (Phi) is 4.08. The van der Waals surface area contributed by atoms with Crippen molar-refractivity contribution in [3.63, 3.8) is 0 Å². The van der Waals surface area contributed by atoms with Gasteiger partial charge in [-0.2, -0.15) is 0 Å². The first-order chi connectivity index (χ1) is 14.0. The quantitative estimate of drug-likeness (QED) is 0.546. The number of H-pyrrole nitrogens is 2. The lowest BCUT2D eigenvalue weighted by Crippen LogP contribution is -2.40. The zero-order valence-electron chi connectivity index (χ0n) is 16.7. The molecule has 0 radical (unpaired) electrons. The third-order valence-electron chi connectivity index (χ3n) is 6.26.